The van der Waals surface area contributed by atoms with Crippen LogP contribution in [0, 0.1) is 0 Å². The maximum atomic E-state index is 13.0. The molecule has 4 aromatic rings. The second-order valence-corrected chi connectivity index (χ2v) is 8.23. The molecule has 8 heteroatoms. The first kappa shape index (κ1) is 23.3. The average molecular weight is 485 g/mol. The Morgan fingerprint density at radius 2 is 1.83 bits per heavy atom. The third-order valence-corrected chi connectivity index (χ3v) is 5.79. The summed E-state index contributed by atoms with van der Waals surface area (Å²) in [5.74, 6) is 2.15. The van der Waals surface area contributed by atoms with Crippen LogP contribution in [0.25, 0.3) is 10.9 Å². The third kappa shape index (κ3) is 5.43. The number of carbonyl (C=O) groups excluding carboxylic acids is 1. The van der Waals surface area contributed by atoms with Gasteiger partial charge in [0.05, 0.1) is 6.61 Å². The molecule has 0 unspecified atom stereocenters. The smallest absolute Gasteiger partial charge is 0.257 e. The number of nitrogens with zero attached hydrogens (tertiary/aromatic N) is 1. The minimum Gasteiger partial charge on any atom is -0.494 e. The maximum absolute atomic E-state index is 13.0. The molecule has 0 radical (unpaired) electrons. The van der Waals surface area contributed by atoms with Gasteiger partial charge in [0.25, 0.3) is 5.91 Å². The summed E-state index contributed by atoms with van der Waals surface area (Å²) in [4.78, 5) is 21.0. The second-order valence-electron chi connectivity index (χ2n) is 8.23. The van der Waals surface area contributed by atoms with Crippen molar-refractivity contribution in [1.29, 1.82) is 0 Å². The van der Waals surface area contributed by atoms with E-state index in [0.29, 0.717) is 49.4 Å². The average Bonchev–Trinajstić information content (AvgIpc) is 3.32. The zero-order valence-electron chi connectivity index (χ0n) is 20.0. The first-order chi connectivity index (χ1) is 17.7. The molecule has 1 aromatic heterocycles. The van der Waals surface area contributed by atoms with E-state index in [0.717, 1.165) is 23.4 Å². The minimum absolute atomic E-state index is 0.270. The number of amides is 1. The number of carbonyl (C=O) groups is 1. The van der Waals surface area contributed by atoms with Crippen molar-refractivity contribution in [3.05, 3.63) is 84.1 Å². The van der Waals surface area contributed by atoms with Crippen LogP contribution >= 0.6 is 0 Å². The van der Waals surface area contributed by atoms with Crippen molar-refractivity contribution in [2.45, 2.75) is 13.3 Å². The summed E-state index contributed by atoms with van der Waals surface area (Å²) in [6.07, 6.45) is 2.72. The molecular weight excluding hydrogens is 456 g/mol. The van der Waals surface area contributed by atoms with Gasteiger partial charge in [0.15, 0.2) is 11.5 Å². The highest BCUT2D eigenvalue weighted by molar-refractivity contribution is 6.10. The molecule has 36 heavy (non-hydrogen) atoms. The van der Waals surface area contributed by atoms with Gasteiger partial charge in [-0.2, -0.15) is 0 Å². The van der Waals surface area contributed by atoms with Gasteiger partial charge in [-0.15, -0.1) is 0 Å². The number of aromatic amines is 1. The number of para-hydroxylation sites is 1. The molecule has 0 bridgehead atoms. The number of benzene rings is 3. The van der Waals surface area contributed by atoms with Gasteiger partial charge < -0.3 is 24.5 Å². The first-order valence-corrected chi connectivity index (χ1v) is 12.0. The Balaban J connectivity index is 1.33. The van der Waals surface area contributed by atoms with E-state index in [1.807, 2.05) is 49.5 Å². The van der Waals surface area contributed by atoms with Gasteiger partial charge in [-0.05, 0) is 61.4 Å². The molecule has 5 rings (SSSR count). The molecule has 184 valence electrons. The summed E-state index contributed by atoms with van der Waals surface area (Å²) in [7, 11) is 0. The fourth-order valence-electron chi connectivity index (χ4n) is 4.04. The number of hydrogen-bond donors (Lipinski definition) is 3. The lowest BCUT2D eigenvalue weighted by molar-refractivity contribution is 0.0977. The van der Waals surface area contributed by atoms with Crippen LogP contribution in [-0.4, -0.2) is 43.2 Å². The standard InChI is InChI=1S/C28H28N4O4/c1-2-34-22-10-7-19(8-11-22)27(33)32-28(31-21-9-12-25-26(17-21)36-16-15-35-25)29-14-13-20-18-30-24-6-4-3-5-23(20)24/h3-12,17-18,30H,2,13-16H2,1H3,(H2,29,31,32,33). The molecule has 1 amide bonds. The number of fused-ring (bicyclic) bond motifs is 2. The number of aromatic nitrogens is 1. The van der Waals surface area contributed by atoms with Gasteiger partial charge >= 0.3 is 0 Å². The number of anilines is 1. The SMILES string of the molecule is CCOc1ccc(C(=O)NC(=NCCc2c[nH]c3ccccc23)Nc2ccc3c(c2)OCCO3)cc1. The van der Waals surface area contributed by atoms with Crippen molar-refractivity contribution in [3.8, 4) is 17.2 Å². The topological polar surface area (TPSA) is 97.0 Å². The van der Waals surface area contributed by atoms with Gasteiger partial charge in [-0.3, -0.25) is 15.1 Å². The van der Waals surface area contributed by atoms with E-state index in [4.69, 9.17) is 14.2 Å². The van der Waals surface area contributed by atoms with E-state index in [-0.39, 0.29) is 5.91 Å². The van der Waals surface area contributed by atoms with Crippen molar-refractivity contribution in [2.75, 3.05) is 31.7 Å². The highest BCUT2D eigenvalue weighted by atomic mass is 16.6. The molecule has 0 atom stereocenters. The summed E-state index contributed by atoms with van der Waals surface area (Å²) >= 11 is 0. The van der Waals surface area contributed by atoms with Crippen LogP contribution in [0.1, 0.15) is 22.8 Å². The van der Waals surface area contributed by atoms with Crippen LogP contribution < -0.4 is 24.8 Å². The largest absolute Gasteiger partial charge is 0.494 e. The molecule has 0 aliphatic carbocycles. The van der Waals surface area contributed by atoms with E-state index in [2.05, 4.69) is 26.7 Å². The number of hydrogen-bond acceptors (Lipinski definition) is 5. The Labute approximate surface area is 209 Å². The van der Waals surface area contributed by atoms with Crippen molar-refractivity contribution in [1.82, 2.24) is 10.3 Å². The van der Waals surface area contributed by atoms with Crippen molar-refractivity contribution >= 4 is 28.5 Å². The highest BCUT2D eigenvalue weighted by Gasteiger charge is 2.14. The van der Waals surface area contributed by atoms with Gasteiger partial charge in [-0.25, -0.2) is 0 Å². The Kier molecular flexibility index (Phi) is 7.02. The first-order valence-electron chi connectivity index (χ1n) is 12.0. The fraction of sp³-hybridized carbons (Fsp3) is 0.214. The van der Waals surface area contributed by atoms with Crippen LogP contribution in [0.4, 0.5) is 5.69 Å². The molecule has 1 aliphatic heterocycles. The summed E-state index contributed by atoms with van der Waals surface area (Å²) in [5.41, 5.74) is 3.50. The summed E-state index contributed by atoms with van der Waals surface area (Å²) in [6.45, 7) is 3.99. The molecule has 1 aliphatic rings. The quantitative estimate of drug-likeness (QED) is 0.259. The van der Waals surface area contributed by atoms with Crippen LogP contribution in [0.15, 0.2) is 77.9 Å². The van der Waals surface area contributed by atoms with Crippen LogP contribution in [0.5, 0.6) is 17.2 Å². The van der Waals surface area contributed by atoms with E-state index in [1.165, 1.54) is 10.9 Å². The van der Waals surface area contributed by atoms with Crippen molar-refractivity contribution in [3.63, 3.8) is 0 Å². The van der Waals surface area contributed by atoms with Crippen LogP contribution in [0.3, 0.4) is 0 Å². The summed E-state index contributed by atoms with van der Waals surface area (Å²) < 4.78 is 16.8. The molecule has 0 fully saturated rings. The molecular formula is C28H28N4O4. The Bertz CT molecular complexity index is 1380. The number of rotatable bonds is 7. The lowest BCUT2D eigenvalue weighted by Crippen LogP contribution is -2.36. The second kappa shape index (κ2) is 10.9. The molecule has 0 spiro atoms. The number of guanidine groups is 1. The van der Waals surface area contributed by atoms with Gasteiger partial charge in [-0.1, -0.05) is 18.2 Å². The van der Waals surface area contributed by atoms with Crippen LogP contribution in [-0.2, 0) is 6.42 Å². The zero-order valence-corrected chi connectivity index (χ0v) is 20.0. The molecule has 0 saturated carbocycles. The van der Waals surface area contributed by atoms with E-state index in [9.17, 15) is 4.79 Å². The molecule has 0 saturated heterocycles. The normalized spacial score (nSPS) is 12.9. The number of ether oxygens (including phenoxy) is 3. The number of H-pyrrole nitrogens is 1. The summed E-state index contributed by atoms with van der Waals surface area (Å²) in [5, 5.41) is 7.31. The molecule has 3 aromatic carbocycles. The van der Waals surface area contributed by atoms with E-state index in [1.54, 1.807) is 24.3 Å². The number of aliphatic imine (C=N–C) groups is 1. The van der Waals surface area contributed by atoms with Crippen LogP contribution in [0.2, 0.25) is 0 Å². The lowest BCUT2D eigenvalue weighted by atomic mass is 10.1. The fourth-order valence-corrected chi connectivity index (χ4v) is 4.04. The van der Waals surface area contributed by atoms with E-state index < -0.39 is 0 Å². The highest BCUT2D eigenvalue weighted by Crippen LogP contribution is 2.32. The van der Waals surface area contributed by atoms with Gasteiger partial charge in [0, 0.05) is 41.0 Å². The molecule has 2 heterocycles. The predicted octanol–water partition coefficient (Wildman–Crippen LogP) is 4.78. The van der Waals surface area contributed by atoms with Crippen molar-refractivity contribution in [2.24, 2.45) is 4.99 Å². The third-order valence-electron chi connectivity index (χ3n) is 5.79. The predicted molar refractivity (Wildman–Crippen MR) is 140 cm³/mol. The maximum Gasteiger partial charge on any atom is 0.257 e. The monoisotopic (exact) mass is 484 g/mol. The number of nitrogens with one attached hydrogen (secondary N) is 3. The van der Waals surface area contributed by atoms with Gasteiger partial charge in [0.1, 0.15) is 19.0 Å². The Morgan fingerprint density at radius 3 is 2.67 bits per heavy atom. The Hall–Kier alpha value is -4.46. The van der Waals surface area contributed by atoms with E-state index >= 15 is 0 Å². The van der Waals surface area contributed by atoms with Gasteiger partial charge in [0.2, 0.25) is 5.96 Å². The Morgan fingerprint density at radius 1 is 1.03 bits per heavy atom. The molecule has 8 nitrogen and oxygen atoms in total. The summed E-state index contributed by atoms with van der Waals surface area (Å²) in [6, 6.07) is 20.7. The zero-order chi connectivity index (χ0) is 24.7. The van der Waals surface area contributed by atoms with Crippen molar-refractivity contribution < 1.29 is 19.0 Å². The minimum atomic E-state index is -0.270. The lowest BCUT2D eigenvalue weighted by Gasteiger charge is -2.19. The molecule has 3 N–H and O–H groups in total.